The molecule has 8 heteroatoms. The lowest BCUT2D eigenvalue weighted by molar-refractivity contribution is -0.122. The molecule has 1 fully saturated rings. The summed E-state index contributed by atoms with van der Waals surface area (Å²) in [5.74, 6) is 1.42. The Morgan fingerprint density at radius 2 is 2.12 bits per heavy atom. The Bertz CT molecular complexity index is 635. The number of carbonyl (C=O) groups excluding carboxylic acids is 1. The summed E-state index contributed by atoms with van der Waals surface area (Å²) in [6.07, 6.45) is 0.969. The molecule has 24 heavy (non-hydrogen) atoms. The minimum Gasteiger partial charge on any atom is -0.355 e. The number of aromatic nitrogens is 2. The smallest absolute Gasteiger partial charge is 0.241 e. The minimum absolute atomic E-state index is 0.114. The van der Waals surface area contributed by atoms with E-state index in [0.717, 1.165) is 44.0 Å². The van der Waals surface area contributed by atoms with Gasteiger partial charge in [-0.05, 0) is 17.9 Å². The molecule has 0 atom stereocenters. The fourth-order valence-electron chi connectivity index (χ4n) is 2.65. The topological polar surface area (TPSA) is 74.5 Å². The maximum atomic E-state index is 11.8. The normalized spacial score (nSPS) is 16.4. The predicted molar refractivity (Wildman–Crippen MR) is 92.6 cm³/mol. The molecular formula is C16H23N5O2S. The molecule has 3 heterocycles. The Kier molecular flexibility index (Phi) is 5.95. The van der Waals surface area contributed by atoms with E-state index < -0.39 is 0 Å². The van der Waals surface area contributed by atoms with E-state index in [0.29, 0.717) is 24.8 Å². The minimum atomic E-state index is 0.114. The average Bonchev–Trinajstić information content (AvgIpc) is 3.26. The maximum Gasteiger partial charge on any atom is 0.241 e. The molecule has 1 N–H and O–H groups in total. The van der Waals surface area contributed by atoms with E-state index in [9.17, 15) is 4.79 Å². The van der Waals surface area contributed by atoms with Gasteiger partial charge in [-0.15, -0.1) is 11.3 Å². The predicted octanol–water partition coefficient (Wildman–Crippen LogP) is 1.44. The van der Waals surface area contributed by atoms with Crippen molar-refractivity contribution >= 4 is 17.2 Å². The quantitative estimate of drug-likeness (QED) is 0.815. The van der Waals surface area contributed by atoms with Crippen LogP contribution in [-0.2, 0) is 11.3 Å². The monoisotopic (exact) mass is 349 g/mol. The second kappa shape index (κ2) is 8.36. The summed E-state index contributed by atoms with van der Waals surface area (Å²) < 4.78 is 5.35. The van der Waals surface area contributed by atoms with Gasteiger partial charge in [-0.1, -0.05) is 18.1 Å². The number of thiophene rings is 1. The van der Waals surface area contributed by atoms with Crippen LogP contribution in [0.1, 0.15) is 19.2 Å². The highest BCUT2D eigenvalue weighted by Gasteiger charge is 2.21. The van der Waals surface area contributed by atoms with Crippen LogP contribution in [0.25, 0.3) is 10.7 Å². The SMILES string of the molecule is CCCNC(=O)CN1CCN(Cc2nc(-c3cccs3)no2)CC1. The molecule has 2 aromatic heterocycles. The summed E-state index contributed by atoms with van der Waals surface area (Å²) in [5, 5.41) is 8.96. The van der Waals surface area contributed by atoms with Crippen LogP contribution in [0.5, 0.6) is 0 Å². The van der Waals surface area contributed by atoms with Crippen molar-refractivity contribution in [3.63, 3.8) is 0 Å². The molecule has 0 saturated carbocycles. The summed E-state index contributed by atoms with van der Waals surface area (Å²) in [6, 6.07) is 3.97. The molecular weight excluding hydrogens is 326 g/mol. The zero-order chi connectivity index (χ0) is 16.8. The molecule has 0 aromatic carbocycles. The van der Waals surface area contributed by atoms with Gasteiger partial charge >= 0.3 is 0 Å². The first-order valence-electron chi connectivity index (χ1n) is 8.32. The lowest BCUT2D eigenvalue weighted by Gasteiger charge is -2.33. The highest BCUT2D eigenvalue weighted by Crippen LogP contribution is 2.21. The van der Waals surface area contributed by atoms with Crippen LogP contribution < -0.4 is 5.32 Å². The summed E-state index contributed by atoms with van der Waals surface area (Å²) >= 11 is 1.60. The van der Waals surface area contributed by atoms with Crippen LogP contribution in [0.4, 0.5) is 0 Å². The highest BCUT2D eigenvalue weighted by atomic mass is 32.1. The first-order valence-corrected chi connectivity index (χ1v) is 9.20. The Morgan fingerprint density at radius 3 is 2.83 bits per heavy atom. The summed E-state index contributed by atoms with van der Waals surface area (Å²) in [4.78, 5) is 21.7. The van der Waals surface area contributed by atoms with E-state index in [1.54, 1.807) is 11.3 Å². The number of nitrogens with one attached hydrogen (secondary N) is 1. The first kappa shape index (κ1) is 17.1. The average molecular weight is 349 g/mol. The molecule has 130 valence electrons. The standard InChI is InChI=1S/C16H23N5O2S/c1-2-5-17-14(22)11-20-6-8-21(9-7-20)12-15-18-16(19-23-15)13-4-3-10-24-13/h3-4,10H,2,5-9,11-12H2,1H3,(H,17,22). The summed E-state index contributed by atoms with van der Waals surface area (Å²) in [6.45, 7) is 7.51. The summed E-state index contributed by atoms with van der Waals surface area (Å²) in [5.41, 5.74) is 0. The van der Waals surface area contributed by atoms with Crippen molar-refractivity contribution < 1.29 is 9.32 Å². The van der Waals surface area contributed by atoms with Gasteiger partial charge in [-0.2, -0.15) is 4.98 Å². The first-order chi connectivity index (χ1) is 11.7. The van der Waals surface area contributed by atoms with Gasteiger partial charge in [0.25, 0.3) is 0 Å². The number of hydrogen-bond acceptors (Lipinski definition) is 7. The van der Waals surface area contributed by atoms with Gasteiger partial charge in [0.1, 0.15) is 0 Å². The van der Waals surface area contributed by atoms with Crippen molar-refractivity contribution in [2.24, 2.45) is 0 Å². The van der Waals surface area contributed by atoms with Gasteiger partial charge in [-0.25, -0.2) is 0 Å². The van der Waals surface area contributed by atoms with Crippen molar-refractivity contribution in [2.45, 2.75) is 19.9 Å². The largest absolute Gasteiger partial charge is 0.355 e. The zero-order valence-electron chi connectivity index (χ0n) is 13.9. The van der Waals surface area contributed by atoms with E-state index in [4.69, 9.17) is 4.52 Å². The highest BCUT2D eigenvalue weighted by molar-refractivity contribution is 7.13. The van der Waals surface area contributed by atoms with E-state index in [2.05, 4.69) is 32.2 Å². The van der Waals surface area contributed by atoms with Crippen molar-refractivity contribution in [1.29, 1.82) is 0 Å². The molecule has 7 nitrogen and oxygen atoms in total. The van der Waals surface area contributed by atoms with Crippen LogP contribution in [-0.4, -0.2) is 65.1 Å². The number of piperazine rings is 1. The Morgan fingerprint density at radius 1 is 1.33 bits per heavy atom. The van der Waals surface area contributed by atoms with Gasteiger partial charge in [0.2, 0.25) is 17.6 Å². The molecule has 0 bridgehead atoms. The number of hydrogen-bond donors (Lipinski definition) is 1. The Hall–Kier alpha value is -1.77. The summed E-state index contributed by atoms with van der Waals surface area (Å²) in [7, 11) is 0. The number of rotatable bonds is 7. The Balaban J connectivity index is 1.43. The van der Waals surface area contributed by atoms with E-state index in [1.807, 2.05) is 17.5 Å². The van der Waals surface area contributed by atoms with Gasteiger partial charge in [0.15, 0.2) is 0 Å². The van der Waals surface area contributed by atoms with E-state index >= 15 is 0 Å². The zero-order valence-corrected chi connectivity index (χ0v) is 14.7. The third-order valence-electron chi connectivity index (χ3n) is 3.97. The van der Waals surface area contributed by atoms with E-state index in [1.165, 1.54) is 0 Å². The van der Waals surface area contributed by atoms with Gasteiger partial charge in [-0.3, -0.25) is 14.6 Å². The second-order valence-electron chi connectivity index (χ2n) is 5.89. The van der Waals surface area contributed by atoms with Crippen molar-refractivity contribution in [2.75, 3.05) is 39.3 Å². The Labute approximate surface area is 145 Å². The number of amides is 1. The third kappa shape index (κ3) is 4.62. The van der Waals surface area contributed by atoms with Crippen LogP contribution in [0, 0.1) is 0 Å². The number of carbonyl (C=O) groups is 1. The number of nitrogens with zero attached hydrogens (tertiary/aromatic N) is 4. The molecule has 1 aliphatic heterocycles. The van der Waals surface area contributed by atoms with Crippen molar-refractivity contribution in [1.82, 2.24) is 25.3 Å². The maximum absolute atomic E-state index is 11.8. The van der Waals surface area contributed by atoms with E-state index in [-0.39, 0.29) is 5.91 Å². The lowest BCUT2D eigenvalue weighted by atomic mass is 10.3. The molecule has 1 saturated heterocycles. The molecule has 1 amide bonds. The third-order valence-corrected chi connectivity index (χ3v) is 4.84. The lowest BCUT2D eigenvalue weighted by Crippen LogP contribution is -2.49. The van der Waals surface area contributed by atoms with Gasteiger partial charge in [0, 0.05) is 32.7 Å². The fourth-order valence-corrected chi connectivity index (χ4v) is 3.29. The van der Waals surface area contributed by atoms with Crippen molar-refractivity contribution in [3.05, 3.63) is 23.4 Å². The second-order valence-corrected chi connectivity index (χ2v) is 6.84. The van der Waals surface area contributed by atoms with Gasteiger partial charge in [0.05, 0.1) is 18.0 Å². The van der Waals surface area contributed by atoms with Crippen molar-refractivity contribution in [3.8, 4) is 10.7 Å². The van der Waals surface area contributed by atoms with Crippen LogP contribution >= 0.6 is 11.3 Å². The molecule has 1 aliphatic rings. The molecule has 2 aromatic rings. The van der Waals surface area contributed by atoms with Gasteiger partial charge < -0.3 is 9.84 Å². The molecule has 3 rings (SSSR count). The molecule has 0 unspecified atom stereocenters. The van der Waals surface area contributed by atoms with Crippen LogP contribution in [0.2, 0.25) is 0 Å². The fraction of sp³-hybridized carbons (Fsp3) is 0.562. The molecule has 0 radical (unpaired) electrons. The van der Waals surface area contributed by atoms with Crippen LogP contribution in [0.3, 0.4) is 0 Å². The molecule has 0 spiro atoms. The molecule has 0 aliphatic carbocycles. The van der Waals surface area contributed by atoms with Crippen LogP contribution in [0.15, 0.2) is 22.0 Å².